The van der Waals surface area contributed by atoms with E-state index in [1.54, 1.807) is 0 Å². The topological polar surface area (TPSA) is 121 Å². The largest absolute Gasteiger partial charge is 0.478 e. The highest BCUT2D eigenvalue weighted by Crippen LogP contribution is 2.26. The molecule has 20 heavy (non-hydrogen) atoms. The van der Waals surface area contributed by atoms with E-state index in [4.69, 9.17) is 10.8 Å². The third kappa shape index (κ3) is 2.77. The number of carboxylic acids is 1. The van der Waals surface area contributed by atoms with Gasteiger partial charge in [0.1, 0.15) is 4.90 Å². The van der Waals surface area contributed by atoms with Gasteiger partial charge in [-0.1, -0.05) is 0 Å². The maximum absolute atomic E-state index is 12.4. The molecule has 1 aromatic rings. The maximum atomic E-state index is 12.4. The highest BCUT2D eigenvalue weighted by atomic mass is 32.2. The lowest BCUT2D eigenvalue weighted by Gasteiger charge is -2.29. The van der Waals surface area contributed by atoms with Crippen LogP contribution < -0.4 is 5.73 Å². The molecule has 1 aliphatic heterocycles. The number of carboxylic acid groups (broad SMARTS) is 1. The van der Waals surface area contributed by atoms with Gasteiger partial charge in [-0.3, -0.25) is 0 Å². The van der Waals surface area contributed by atoms with Gasteiger partial charge in [0.2, 0.25) is 10.0 Å². The van der Waals surface area contributed by atoms with Gasteiger partial charge in [-0.05, 0) is 31.0 Å². The average molecular weight is 300 g/mol. The van der Waals surface area contributed by atoms with Crippen LogP contribution >= 0.6 is 0 Å². The van der Waals surface area contributed by atoms with Gasteiger partial charge < -0.3 is 15.9 Å². The third-order valence-electron chi connectivity index (χ3n) is 3.30. The molecule has 2 rings (SSSR count). The van der Waals surface area contributed by atoms with Gasteiger partial charge in [0, 0.05) is 13.1 Å². The van der Waals surface area contributed by atoms with E-state index in [9.17, 15) is 18.3 Å². The van der Waals surface area contributed by atoms with Crippen LogP contribution in [-0.2, 0) is 10.0 Å². The van der Waals surface area contributed by atoms with E-state index in [2.05, 4.69) is 0 Å². The SMILES string of the molecule is Nc1cc(C(=O)O)ccc1S(=O)(=O)N1CCC(O)CC1. The second-order valence-corrected chi connectivity index (χ2v) is 6.60. The van der Waals surface area contributed by atoms with Gasteiger partial charge in [0.05, 0.1) is 17.4 Å². The molecule has 0 unspecified atom stereocenters. The molecular formula is C12H16N2O5S. The Hall–Kier alpha value is -1.64. The Morgan fingerprint density at radius 1 is 1.30 bits per heavy atom. The zero-order valence-corrected chi connectivity index (χ0v) is 11.5. The molecule has 8 heteroatoms. The predicted molar refractivity (Wildman–Crippen MR) is 71.8 cm³/mol. The zero-order chi connectivity index (χ0) is 14.9. The van der Waals surface area contributed by atoms with Crippen molar-refractivity contribution in [3.63, 3.8) is 0 Å². The summed E-state index contributed by atoms with van der Waals surface area (Å²) >= 11 is 0. The highest BCUT2D eigenvalue weighted by molar-refractivity contribution is 7.89. The summed E-state index contributed by atoms with van der Waals surface area (Å²) in [5, 5.41) is 18.2. The summed E-state index contributed by atoms with van der Waals surface area (Å²) < 4.78 is 26.1. The fourth-order valence-electron chi connectivity index (χ4n) is 2.14. The second kappa shape index (κ2) is 5.39. The minimum absolute atomic E-state index is 0.0597. The smallest absolute Gasteiger partial charge is 0.335 e. The Kier molecular flexibility index (Phi) is 3.98. The summed E-state index contributed by atoms with van der Waals surface area (Å²) in [6, 6.07) is 3.55. The molecule has 1 aromatic carbocycles. The summed E-state index contributed by atoms with van der Waals surface area (Å²) in [7, 11) is -3.75. The van der Waals surface area contributed by atoms with Crippen LogP contribution in [0.25, 0.3) is 0 Å². The number of hydrogen-bond acceptors (Lipinski definition) is 5. The van der Waals surface area contributed by atoms with Crippen LogP contribution in [0.15, 0.2) is 23.1 Å². The number of nitrogens with zero attached hydrogens (tertiary/aromatic N) is 1. The normalized spacial score (nSPS) is 18.1. The number of aliphatic hydroxyl groups excluding tert-OH is 1. The van der Waals surface area contributed by atoms with Crippen molar-refractivity contribution in [2.24, 2.45) is 0 Å². The van der Waals surface area contributed by atoms with E-state index in [0.717, 1.165) is 6.07 Å². The molecule has 1 aliphatic rings. The lowest BCUT2D eigenvalue weighted by Crippen LogP contribution is -2.40. The number of benzene rings is 1. The number of hydrogen-bond donors (Lipinski definition) is 3. The molecule has 0 amide bonds. The van der Waals surface area contributed by atoms with E-state index >= 15 is 0 Å². The van der Waals surface area contributed by atoms with Crippen molar-refractivity contribution in [1.82, 2.24) is 4.31 Å². The van der Waals surface area contributed by atoms with E-state index < -0.39 is 22.1 Å². The average Bonchev–Trinajstić information content (AvgIpc) is 2.38. The first-order chi connectivity index (χ1) is 9.32. The minimum Gasteiger partial charge on any atom is -0.478 e. The van der Waals surface area contributed by atoms with E-state index in [1.165, 1.54) is 16.4 Å². The Labute approximate surface area is 116 Å². The molecule has 0 saturated carbocycles. The highest BCUT2D eigenvalue weighted by Gasteiger charge is 2.30. The Bertz CT molecular complexity index is 621. The summed E-state index contributed by atoms with van der Waals surface area (Å²) in [5.74, 6) is -1.17. The molecule has 110 valence electrons. The van der Waals surface area contributed by atoms with Gasteiger partial charge in [-0.15, -0.1) is 0 Å². The lowest BCUT2D eigenvalue weighted by atomic mass is 10.1. The fraction of sp³-hybridized carbons (Fsp3) is 0.417. The number of carbonyl (C=O) groups is 1. The molecule has 1 fully saturated rings. The number of sulfonamides is 1. The number of aromatic carboxylic acids is 1. The van der Waals surface area contributed by atoms with Crippen molar-refractivity contribution < 1.29 is 23.4 Å². The Morgan fingerprint density at radius 2 is 1.90 bits per heavy atom. The zero-order valence-electron chi connectivity index (χ0n) is 10.7. The standard InChI is InChI=1S/C12H16N2O5S/c13-10-7-8(12(16)17)1-2-11(10)20(18,19)14-5-3-9(15)4-6-14/h1-2,7,9,15H,3-6,13H2,(H,16,17). The van der Waals surface area contributed by atoms with Crippen molar-refractivity contribution in [2.75, 3.05) is 18.8 Å². The number of anilines is 1. The quantitative estimate of drug-likeness (QED) is 0.681. The summed E-state index contributed by atoms with van der Waals surface area (Å²) in [5.41, 5.74) is 5.51. The molecule has 4 N–H and O–H groups in total. The predicted octanol–water partition coefficient (Wildman–Crippen LogP) is 0.112. The second-order valence-electron chi connectivity index (χ2n) is 4.69. The number of rotatable bonds is 3. The summed E-state index contributed by atoms with van der Waals surface area (Å²) in [6.07, 6.45) is 0.284. The van der Waals surface area contributed by atoms with Crippen LogP contribution in [0.5, 0.6) is 0 Å². The van der Waals surface area contributed by atoms with E-state index in [-0.39, 0.29) is 29.2 Å². The van der Waals surface area contributed by atoms with Gasteiger partial charge in [0.15, 0.2) is 0 Å². The van der Waals surface area contributed by atoms with E-state index in [1.807, 2.05) is 0 Å². The van der Waals surface area contributed by atoms with Crippen LogP contribution in [0, 0.1) is 0 Å². The molecule has 0 aliphatic carbocycles. The van der Waals surface area contributed by atoms with Crippen LogP contribution in [0.4, 0.5) is 5.69 Å². The minimum atomic E-state index is -3.75. The molecule has 1 saturated heterocycles. The summed E-state index contributed by atoms with van der Waals surface area (Å²) in [6.45, 7) is 0.452. The summed E-state index contributed by atoms with van der Waals surface area (Å²) in [4.78, 5) is 10.7. The Morgan fingerprint density at radius 3 is 2.40 bits per heavy atom. The fourth-order valence-corrected chi connectivity index (χ4v) is 3.70. The lowest BCUT2D eigenvalue weighted by molar-refractivity contribution is 0.0696. The van der Waals surface area contributed by atoms with Crippen LogP contribution in [0.2, 0.25) is 0 Å². The van der Waals surface area contributed by atoms with Crippen LogP contribution in [0.3, 0.4) is 0 Å². The molecule has 0 atom stereocenters. The van der Waals surface area contributed by atoms with Crippen molar-refractivity contribution in [1.29, 1.82) is 0 Å². The molecule has 7 nitrogen and oxygen atoms in total. The number of piperidine rings is 1. The number of nitrogens with two attached hydrogens (primary N) is 1. The van der Waals surface area contributed by atoms with Gasteiger partial charge in [0.25, 0.3) is 0 Å². The van der Waals surface area contributed by atoms with Crippen molar-refractivity contribution in [3.05, 3.63) is 23.8 Å². The van der Waals surface area contributed by atoms with Gasteiger partial charge >= 0.3 is 5.97 Å². The molecular weight excluding hydrogens is 284 g/mol. The van der Waals surface area contributed by atoms with Crippen molar-refractivity contribution in [2.45, 2.75) is 23.8 Å². The first-order valence-electron chi connectivity index (χ1n) is 6.13. The third-order valence-corrected chi connectivity index (χ3v) is 5.27. The van der Waals surface area contributed by atoms with E-state index in [0.29, 0.717) is 12.8 Å². The molecule has 0 spiro atoms. The maximum Gasteiger partial charge on any atom is 0.335 e. The number of nitrogen functional groups attached to an aromatic ring is 1. The molecule has 0 bridgehead atoms. The molecule has 0 radical (unpaired) electrons. The van der Waals surface area contributed by atoms with Crippen LogP contribution in [0.1, 0.15) is 23.2 Å². The van der Waals surface area contributed by atoms with Crippen LogP contribution in [-0.4, -0.2) is 48.1 Å². The first-order valence-corrected chi connectivity index (χ1v) is 7.57. The first kappa shape index (κ1) is 14.8. The van der Waals surface area contributed by atoms with Gasteiger partial charge in [-0.25, -0.2) is 13.2 Å². The molecule has 1 heterocycles. The monoisotopic (exact) mass is 300 g/mol. The van der Waals surface area contributed by atoms with Crippen molar-refractivity contribution in [3.8, 4) is 0 Å². The number of aliphatic hydroxyl groups is 1. The van der Waals surface area contributed by atoms with Gasteiger partial charge in [-0.2, -0.15) is 4.31 Å². The Balaban J connectivity index is 2.32. The van der Waals surface area contributed by atoms with Crippen molar-refractivity contribution >= 4 is 21.7 Å². The molecule has 0 aromatic heterocycles.